The largest absolute Gasteiger partial charge is 0.399 e. The zero-order chi connectivity index (χ0) is 13.2. The van der Waals surface area contributed by atoms with Gasteiger partial charge in [-0.05, 0) is 42.5 Å². The number of rotatable bonds is 2. The van der Waals surface area contributed by atoms with Gasteiger partial charge in [-0.1, -0.05) is 6.07 Å². The topological polar surface area (TPSA) is 50.9 Å². The predicted molar refractivity (Wildman–Crippen MR) is 75.8 cm³/mol. The molecule has 0 aliphatic carbocycles. The van der Waals surface area contributed by atoms with Crippen LogP contribution in [0.3, 0.4) is 0 Å². The van der Waals surface area contributed by atoms with Crippen molar-refractivity contribution >= 4 is 28.0 Å². The standard InChI is InChI=1S/C15H12FN3/c16-11-7-12(17)9-14(8-11)19-13-3-4-15-10(6-13)2-1-5-18-15/h1-9,19H,17H2. The first-order valence-electron chi connectivity index (χ1n) is 5.88. The van der Waals surface area contributed by atoms with Gasteiger partial charge in [-0.2, -0.15) is 0 Å². The Morgan fingerprint density at radius 2 is 1.89 bits per heavy atom. The van der Waals surface area contributed by atoms with Crippen LogP contribution in [-0.2, 0) is 0 Å². The zero-order valence-corrected chi connectivity index (χ0v) is 10.1. The number of anilines is 3. The molecule has 0 saturated carbocycles. The number of nitrogens with two attached hydrogens (primary N) is 1. The monoisotopic (exact) mass is 253 g/mol. The number of fused-ring (bicyclic) bond motifs is 1. The fourth-order valence-electron chi connectivity index (χ4n) is 2.00. The maximum absolute atomic E-state index is 13.3. The highest BCUT2D eigenvalue weighted by atomic mass is 19.1. The Morgan fingerprint density at radius 1 is 1.00 bits per heavy atom. The first-order chi connectivity index (χ1) is 9.20. The second-order valence-electron chi connectivity index (χ2n) is 4.31. The van der Waals surface area contributed by atoms with Gasteiger partial charge >= 0.3 is 0 Å². The normalized spacial score (nSPS) is 10.6. The van der Waals surface area contributed by atoms with Gasteiger partial charge in [0.1, 0.15) is 5.82 Å². The maximum atomic E-state index is 13.3. The molecule has 94 valence electrons. The zero-order valence-electron chi connectivity index (χ0n) is 10.1. The molecule has 0 spiro atoms. The molecule has 0 atom stereocenters. The van der Waals surface area contributed by atoms with Gasteiger partial charge in [0.05, 0.1) is 5.52 Å². The van der Waals surface area contributed by atoms with Crippen molar-refractivity contribution in [1.82, 2.24) is 4.98 Å². The summed E-state index contributed by atoms with van der Waals surface area (Å²) in [6, 6.07) is 14.0. The third kappa shape index (κ3) is 2.47. The Balaban J connectivity index is 1.96. The van der Waals surface area contributed by atoms with Crippen molar-refractivity contribution in [2.24, 2.45) is 0 Å². The number of hydrogen-bond acceptors (Lipinski definition) is 3. The summed E-state index contributed by atoms with van der Waals surface area (Å²) in [6.45, 7) is 0. The lowest BCUT2D eigenvalue weighted by Gasteiger charge is -2.08. The Hall–Kier alpha value is -2.62. The number of nitrogens with one attached hydrogen (secondary N) is 1. The van der Waals surface area contributed by atoms with E-state index in [4.69, 9.17) is 5.73 Å². The molecule has 0 amide bonds. The Kier molecular flexibility index (Phi) is 2.76. The lowest BCUT2D eigenvalue weighted by molar-refractivity contribution is 0.629. The van der Waals surface area contributed by atoms with E-state index in [-0.39, 0.29) is 5.82 Å². The highest BCUT2D eigenvalue weighted by Crippen LogP contribution is 2.23. The molecule has 0 saturated heterocycles. The smallest absolute Gasteiger partial charge is 0.127 e. The van der Waals surface area contributed by atoms with E-state index in [1.54, 1.807) is 12.3 Å². The summed E-state index contributed by atoms with van der Waals surface area (Å²) in [6.07, 6.45) is 1.75. The summed E-state index contributed by atoms with van der Waals surface area (Å²) in [4.78, 5) is 4.25. The van der Waals surface area contributed by atoms with Gasteiger partial charge in [-0.15, -0.1) is 0 Å². The average Bonchev–Trinajstić information content (AvgIpc) is 2.37. The first kappa shape index (κ1) is 11.5. The molecule has 0 unspecified atom stereocenters. The molecular weight excluding hydrogens is 241 g/mol. The first-order valence-corrected chi connectivity index (χ1v) is 5.88. The molecule has 3 rings (SSSR count). The molecule has 1 heterocycles. The average molecular weight is 253 g/mol. The van der Waals surface area contributed by atoms with Crippen molar-refractivity contribution in [3.05, 3.63) is 60.5 Å². The van der Waals surface area contributed by atoms with Gasteiger partial charge in [-0.3, -0.25) is 4.98 Å². The molecule has 0 aliphatic heterocycles. The quantitative estimate of drug-likeness (QED) is 0.685. The van der Waals surface area contributed by atoms with Crippen molar-refractivity contribution < 1.29 is 4.39 Å². The van der Waals surface area contributed by atoms with Crippen LogP contribution in [0.15, 0.2) is 54.7 Å². The van der Waals surface area contributed by atoms with Crippen LogP contribution in [0, 0.1) is 5.82 Å². The molecule has 1 aromatic heterocycles. The SMILES string of the molecule is Nc1cc(F)cc(Nc2ccc3ncccc3c2)c1. The molecular formula is C15H12FN3. The molecule has 2 aromatic carbocycles. The van der Waals surface area contributed by atoms with Crippen molar-refractivity contribution in [3.8, 4) is 0 Å². The van der Waals surface area contributed by atoms with Crippen LogP contribution in [0.5, 0.6) is 0 Å². The Labute approximate surface area is 109 Å². The van der Waals surface area contributed by atoms with Crippen LogP contribution in [0.1, 0.15) is 0 Å². The molecule has 3 N–H and O–H groups in total. The van der Waals surface area contributed by atoms with Gasteiger partial charge in [0.15, 0.2) is 0 Å². The van der Waals surface area contributed by atoms with E-state index in [0.717, 1.165) is 16.6 Å². The molecule has 0 bridgehead atoms. The molecule has 0 radical (unpaired) electrons. The van der Waals surface area contributed by atoms with E-state index in [0.29, 0.717) is 11.4 Å². The number of aromatic nitrogens is 1. The summed E-state index contributed by atoms with van der Waals surface area (Å²) in [5.74, 6) is -0.357. The van der Waals surface area contributed by atoms with Gasteiger partial charge in [0.2, 0.25) is 0 Å². The van der Waals surface area contributed by atoms with Crippen LogP contribution in [-0.4, -0.2) is 4.98 Å². The Morgan fingerprint density at radius 3 is 2.74 bits per heavy atom. The van der Waals surface area contributed by atoms with Crippen LogP contribution >= 0.6 is 0 Å². The lowest BCUT2D eigenvalue weighted by Crippen LogP contribution is -1.94. The van der Waals surface area contributed by atoms with Gasteiger partial charge in [0, 0.05) is 28.6 Å². The second kappa shape index (κ2) is 4.57. The van der Waals surface area contributed by atoms with E-state index in [2.05, 4.69) is 10.3 Å². The molecule has 0 aliphatic rings. The molecule has 4 heteroatoms. The summed E-state index contributed by atoms with van der Waals surface area (Å²) >= 11 is 0. The molecule has 3 aromatic rings. The Bertz CT molecular complexity index is 720. The van der Waals surface area contributed by atoms with E-state index in [1.165, 1.54) is 12.1 Å². The van der Waals surface area contributed by atoms with Crippen LogP contribution < -0.4 is 11.1 Å². The van der Waals surface area contributed by atoms with E-state index in [9.17, 15) is 4.39 Å². The van der Waals surface area contributed by atoms with Gasteiger partial charge in [0.25, 0.3) is 0 Å². The second-order valence-corrected chi connectivity index (χ2v) is 4.31. The lowest BCUT2D eigenvalue weighted by atomic mass is 10.2. The fourth-order valence-corrected chi connectivity index (χ4v) is 2.00. The number of hydrogen-bond donors (Lipinski definition) is 2. The number of nitrogens with zero attached hydrogens (tertiary/aromatic N) is 1. The van der Waals surface area contributed by atoms with Gasteiger partial charge in [-0.25, -0.2) is 4.39 Å². The number of benzene rings is 2. The van der Waals surface area contributed by atoms with Gasteiger partial charge < -0.3 is 11.1 Å². The van der Waals surface area contributed by atoms with Crippen molar-refractivity contribution in [2.75, 3.05) is 11.1 Å². The van der Waals surface area contributed by atoms with Crippen molar-refractivity contribution in [2.45, 2.75) is 0 Å². The maximum Gasteiger partial charge on any atom is 0.127 e. The summed E-state index contributed by atoms with van der Waals surface area (Å²) in [5, 5.41) is 4.15. The minimum Gasteiger partial charge on any atom is -0.399 e. The number of halogens is 1. The predicted octanol–water partition coefficient (Wildman–Crippen LogP) is 3.70. The summed E-state index contributed by atoms with van der Waals surface area (Å²) < 4.78 is 13.3. The third-order valence-electron chi connectivity index (χ3n) is 2.81. The van der Waals surface area contributed by atoms with E-state index in [1.807, 2.05) is 30.3 Å². The minimum atomic E-state index is -0.357. The summed E-state index contributed by atoms with van der Waals surface area (Å²) in [7, 11) is 0. The molecule has 3 nitrogen and oxygen atoms in total. The van der Waals surface area contributed by atoms with Crippen molar-refractivity contribution in [3.63, 3.8) is 0 Å². The van der Waals surface area contributed by atoms with Crippen molar-refractivity contribution in [1.29, 1.82) is 0 Å². The number of pyridine rings is 1. The van der Waals surface area contributed by atoms with Crippen LogP contribution in [0.4, 0.5) is 21.5 Å². The highest BCUT2D eigenvalue weighted by Gasteiger charge is 2.01. The highest BCUT2D eigenvalue weighted by molar-refractivity contribution is 5.83. The molecule has 19 heavy (non-hydrogen) atoms. The molecule has 0 fully saturated rings. The third-order valence-corrected chi connectivity index (χ3v) is 2.81. The van der Waals surface area contributed by atoms with E-state index >= 15 is 0 Å². The van der Waals surface area contributed by atoms with Crippen LogP contribution in [0.2, 0.25) is 0 Å². The van der Waals surface area contributed by atoms with E-state index < -0.39 is 0 Å². The minimum absolute atomic E-state index is 0.357. The van der Waals surface area contributed by atoms with Crippen LogP contribution in [0.25, 0.3) is 10.9 Å². The summed E-state index contributed by atoms with van der Waals surface area (Å²) in [5.41, 5.74) is 8.42. The number of nitrogen functional groups attached to an aromatic ring is 1. The fraction of sp³-hybridized carbons (Fsp3) is 0.